The van der Waals surface area contributed by atoms with Gasteiger partial charge in [-0.3, -0.25) is 0 Å². The van der Waals surface area contributed by atoms with E-state index in [0.29, 0.717) is 42.8 Å². The number of unbranched alkanes of at least 4 members (excludes halogenated alkanes) is 4. The largest absolute Gasteiger partial charge is 0.480 e. The van der Waals surface area contributed by atoms with Crippen molar-refractivity contribution in [3.8, 4) is 0 Å². The van der Waals surface area contributed by atoms with E-state index in [1.54, 1.807) is 18.0 Å². The fourth-order valence-corrected chi connectivity index (χ4v) is 11.1. The van der Waals surface area contributed by atoms with Crippen LogP contribution in [0.2, 0.25) is 0 Å². The summed E-state index contributed by atoms with van der Waals surface area (Å²) in [6.45, 7) is 11.1. The molecule has 0 fully saturated rings. The Morgan fingerprint density at radius 2 is 0.676 bits per heavy atom. The molecule has 2 atom stereocenters. The van der Waals surface area contributed by atoms with Crippen LogP contribution < -0.4 is 5.59 Å². The van der Waals surface area contributed by atoms with Gasteiger partial charge in [0.15, 0.2) is 30.1 Å². The molecule has 4 N–H and O–H groups in total. The molecule has 68 heavy (non-hydrogen) atoms. The highest BCUT2D eigenvalue weighted by Crippen LogP contribution is 2.34. The van der Waals surface area contributed by atoms with E-state index in [-0.39, 0.29) is 42.3 Å². The molecule has 0 aromatic carbocycles. The van der Waals surface area contributed by atoms with Crippen LogP contribution in [0, 0.1) is 37.7 Å². The summed E-state index contributed by atoms with van der Waals surface area (Å²) in [4.78, 5) is 22.8. The summed E-state index contributed by atoms with van der Waals surface area (Å²) in [6, 6.07) is 0. The smallest absolute Gasteiger partial charge is 0.415 e. The lowest BCUT2D eigenvalue weighted by Gasteiger charge is -2.35. The number of halogens is 9. The van der Waals surface area contributed by atoms with E-state index in [1.165, 1.54) is 0 Å². The zero-order valence-corrected chi connectivity index (χ0v) is 43.1. The van der Waals surface area contributed by atoms with Crippen LogP contribution in [0.25, 0.3) is 12.4 Å². The lowest BCUT2D eigenvalue weighted by Crippen LogP contribution is -2.40. The molecule has 0 spiro atoms. The molecular weight excluding hydrogens is 1080 g/mol. The molecule has 0 aliphatic heterocycles. The first-order valence-electron chi connectivity index (χ1n) is 19.5. The van der Waals surface area contributed by atoms with Gasteiger partial charge < -0.3 is 12.4 Å². The molecule has 39 heteroatoms. The van der Waals surface area contributed by atoms with Crippen LogP contribution in [-0.4, -0.2) is 120 Å². The first kappa shape index (κ1) is 77.1. The Morgan fingerprint density at radius 3 is 0.882 bits per heavy atom. The Hall–Kier alpha value is -2.37. The standard InChI is InChI=1S/C17H34F3N2O4S2.C9H18F3N2O4S2.C3H6F3N2O4S2.H2NO.2HNO/c1-5-9-11-15(7-3)13-22(14-16(8-4)12-10-6-2)28(25,26)21-27(23,24)17(18,19)20;1-3-5-7-14(8-6-4-2)20(17,18)13-19(15,16)9(10,11)12;1-8(2)14(11,12)7-13(9,10)3(4,5)6;3*1-2/h15-16H,5-14H2,1-4H3;3-8H2,1-2H3;1-2H3;1H2;2*1H/q3*-1;+1;;. The number of alkyl halides is 9. The van der Waals surface area contributed by atoms with Crippen LogP contribution >= 0.6 is 0 Å². The minimum atomic E-state index is -6.12. The van der Waals surface area contributed by atoms with Crippen LogP contribution in [-0.2, 0) is 60.7 Å². The van der Waals surface area contributed by atoms with Crippen molar-refractivity contribution in [3.05, 3.63) is 27.1 Å². The molecule has 0 heterocycles. The predicted molar refractivity (Wildman–Crippen MR) is 232 cm³/mol. The van der Waals surface area contributed by atoms with Crippen molar-refractivity contribution in [2.45, 2.75) is 135 Å². The minimum Gasteiger partial charge on any atom is -0.415 e. The van der Waals surface area contributed by atoms with Crippen molar-refractivity contribution in [2.24, 2.45) is 11.8 Å². The fraction of sp³-hybridized carbons (Fsp3) is 1.00. The highest BCUT2D eigenvalue weighted by molar-refractivity contribution is 8.12. The molecule has 414 valence electrons. The summed E-state index contributed by atoms with van der Waals surface area (Å²) in [5.74, 6) is -0.135. The molecule has 0 rings (SSSR count). The van der Waals surface area contributed by atoms with Crippen LogP contribution in [0.3, 0.4) is 0 Å². The first-order chi connectivity index (χ1) is 30.7. The summed E-state index contributed by atoms with van der Waals surface area (Å²) < 4.78 is 252. The second kappa shape index (κ2) is 35.7. The Morgan fingerprint density at radius 1 is 0.441 bits per heavy atom. The molecule has 0 bridgehead atoms. The van der Waals surface area contributed by atoms with E-state index in [4.69, 9.17) is 14.7 Å². The van der Waals surface area contributed by atoms with E-state index in [2.05, 4.69) is 25.0 Å². The average Bonchev–Trinajstić information content (AvgIpc) is 3.20. The summed E-state index contributed by atoms with van der Waals surface area (Å²) >= 11 is 0. The van der Waals surface area contributed by atoms with Gasteiger partial charge in [0.05, 0.1) is 0 Å². The topological polar surface area (TPSA) is 381 Å². The number of hydrogen-bond acceptors (Lipinski definition) is 17. The lowest BCUT2D eigenvalue weighted by atomic mass is 9.97. The van der Waals surface area contributed by atoms with Crippen LogP contribution in [0.15, 0.2) is 0 Å². The predicted octanol–water partition coefficient (Wildman–Crippen LogP) is 6.74. The van der Waals surface area contributed by atoms with Gasteiger partial charge in [-0.1, -0.05) is 104 Å². The Kier molecular flexibility index (Phi) is 40.5. The number of nitroso groups, excluding NO2 is 3. The quantitative estimate of drug-likeness (QED) is 0.0566. The fourth-order valence-electron chi connectivity index (χ4n) is 4.34. The highest BCUT2D eigenvalue weighted by atomic mass is 32.3. The summed E-state index contributed by atoms with van der Waals surface area (Å²) in [5, 5.41) is 0. The highest BCUT2D eigenvalue weighted by Gasteiger charge is 2.43. The number of hydrogen-bond donors (Lipinski definition) is 3. The molecule has 0 radical (unpaired) electrons. The van der Waals surface area contributed by atoms with E-state index >= 15 is 0 Å². The summed E-state index contributed by atoms with van der Waals surface area (Å²) in [5.41, 5.74) is -4.93. The number of nitrogens with two attached hydrogens (primary N) is 1. The molecule has 0 aliphatic carbocycles. The molecule has 0 saturated carbocycles. The van der Waals surface area contributed by atoms with Gasteiger partial charge in [0, 0.05) is 45.2 Å². The van der Waals surface area contributed by atoms with Gasteiger partial charge in [0.1, 0.15) is 30.6 Å². The van der Waals surface area contributed by atoms with Crippen LogP contribution in [0.4, 0.5) is 39.5 Å². The SMILES string of the molecule is CCCCC(CC)CN(CC(CC)CCCC)S(=O)(=O)[N-]S(=O)(=O)C(F)(F)F.CCCCN(CCCC)S(=O)(=O)[N-]S(=O)(=O)C(F)(F)F.CN(C)S(=O)(=O)[N-]S(=O)(=O)C(F)(F)F.N=O.N=O.[NH2+]=O. The van der Waals surface area contributed by atoms with E-state index in [9.17, 15) is 90.0 Å². The van der Waals surface area contributed by atoms with Crippen molar-refractivity contribution < 1.29 is 95.6 Å². The van der Waals surface area contributed by atoms with Gasteiger partial charge in [-0.2, -0.15) is 49.3 Å². The Labute approximate surface area is 393 Å². The maximum atomic E-state index is 12.7. The third-order valence-electron chi connectivity index (χ3n) is 8.10. The number of nitrogens with zero attached hydrogens (tertiary/aromatic N) is 6. The molecule has 0 aliphatic rings. The number of nitrogens with one attached hydrogen (secondary N) is 2. The molecule has 0 aromatic rings. The van der Waals surface area contributed by atoms with Gasteiger partial charge in [0.25, 0.3) is 0 Å². The summed E-state index contributed by atoms with van der Waals surface area (Å²) in [6.07, 6.45) is 8.30. The van der Waals surface area contributed by atoms with Gasteiger partial charge in [-0.25, -0.2) is 63.4 Å². The second-order valence-corrected chi connectivity index (χ2v) is 23.9. The molecule has 2 unspecified atom stereocenters. The van der Waals surface area contributed by atoms with Crippen LogP contribution in [0.5, 0.6) is 0 Å². The van der Waals surface area contributed by atoms with Gasteiger partial charge >= 0.3 is 16.5 Å². The molecule has 0 aromatic heterocycles. The monoisotopic (exact) mass is 1140 g/mol. The van der Waals surface area contributed by atoms with E-state index in [0.717, 1.165) is 56.9 Å². The maximum absolute atomic E-state index is 12.7. The first-order valence-corrected chi connectivity index (χ1v) is 28.0. The van der Waals surface area contributed by atoms with Crippen molar-refractivity contribution in [1.29, 1.82) is 11.2 Å². The van der Waals surface area contributed by atoms with Gasteiger partial charge in [-0.15, -0.1) is 0 Å². The molecule has 0 saturated heterocycles. The number of sulfonamides is 3. The minimum absolute atomic E-state index is 0.0294. The van der Waals surface area contributed by atoms with E-state index in [1.807, 2.05) is 27.7 Å². The third-order valence-corrected chi connectivity index (χ3v) is 17.4. The zero-order chi connectivity index (χ0) is 55.8. The molecule has 24 nitrogen and oxygen atoms in total. The maximum Gasteiger partial charge on any atom is 0.480 e. The zero-order valence-electron chi connectivity index (χ0n) is 38.2. The average molecular weight is 1140 g/mol. The van der Waals surface area contributed by atoms with E-state index < -0.39 is 77.2 Å². The van der Waals surface area contributed by atoms with Crippen molar-refractivity contribution in [2.75, 3.05) is 40.3 Å². The van der Waals surface area contributed by atoms with Crippen molar-refractivity contribution in [1.82, 2.24) is 12.9 Å². The van der Waals surface area contributed by atoms with Crippen molar-refractivity contribution >= 4 is 60.7 Å². The van der Waals surface area contributed by atoms with Gasteiger partial charge in [0.2, 0.25) is 0 Å². The van der Waals surface area contributed by atoms with Gasteiger partial charge in [-0.05, 0) is 43.1 Å². The summed E-state index contributed by atoms with van der Waals surface area (Å²) in [7, 11) is -31.1. The second-order valence-electron chi connectivity index (χ2n) is 13.5. The Balaban J connectivity index is -0.000000210. The van der Waals surface area contributed by atoms with Crippen LogP contribution in [0.1, 0.15) is 119 Å². The lowest BCUT2D eigenvalue weighted by molar-refractivity contribution is -0.142. The number of rotatable bonds is 27. The molecule has 0 amide bonds. The van der Waals surface area contributed by atoms with Crippen molar-refractivity contribution in [3.63, 3.8) is 0 Å². The molecular formula is C29H62F9N9O15S6-2. The third kappa shape index (κ3) is 31.8. The Bertz CT molecular complexity index is 2010. The normalized spacial score (nSPS) is 13.8.